The first-order chi connectivity index (χ1) is 38.3. The zero-order valence-electron chi connectivity index (χ0n) is 46.6. The van der Waals surface area contributed by atoms with Gasteiger partial charge >= 0.3 is 12.4 Å². The molecule has 10 rings (SSSR count). The predicted molar refractivity (Wildman–Crippen MR) is 315 cm³/mol. The van der Waals surface area contributed by atoms with E-state index in [0.29, 0.717) is 33.9 Å². The fourth-order valence-electron chi connectivity index (χ4n) is 9.68. The molecule has 14 nitrogen and oxygen atoms in total. The van der Waals surface area contributed by atoms with Gasteiger partial charge in [0, 0.05) is 93.3 Å². The number of alkyl halides is 6. The molecule has 428 valence electrons. The van der Waals surface area contributed by atoms with E-state index in [9.17, 15) is 26.3 Å². The van der Waals surface area contributed by atoms with E-state index >= 15 is 0 Å². The van der Waals surface area contributed by atoms with Gasteiger partial charge in [-0.1, -0.05) is 60.1 Å². The number of anilines is 9. The second-order valence-corrected chi connectivity index (χ2v) is 22.5. The van der Waals surface area contributed by atoms with Gasteiger partial charge in [0.2, 0.25) is 11.9 Å². The second-order valence-electron chi connectivity index (χ2n) is 22.1. The number of benzene rings is 4. The first-order valence-electron chi connectivity index (χ1n) is 26.9. The van der Waals surface area contributed by atoms with Gasteiger partial charge < -0.3 is 42.1 Å². The smallest absolute Gasteiger partial charge is 0.371 e. The molecule has 2 aliphatic heterocycles. The Balaban J connectivity index is 0.000000184. The molecule has 6 heterocycles. The number of fused-ring (bicyclic) bond motifs is 2. The van der Waals surface area contributed by atoms with Crippen molar-refractivity contribution in [1.29, 1.82) is 0 Å². The molecule has 0 atom stereocenters. The summed E-state index contributed by atoms with van der Waals surface area (Å²) in [6.45, 7) is 21.5. The van der Waals surface area contributed by atoms with Crippen molar-refractivity contribution in [1.82, 2.24) is 45.9 Å². The summed E-state index contributed by atoms with van der Waals surface area (Å²) < 4.78 is 77.8. The summed E-state index contributed by atoms with van der Waals surface area (Å²) in [4.78, 5) is 26.9. The van der Waals surface area contributed by atoms with Crippen molar-refractivity contribution in [3.63, 3.8) is 0 Å². The maximum Gasteiger partial charge on any atom is 0.433 e. The summed E-state index contributed by atoms with van der Waals surface area (Å²) in [6.07, 6.45) is -2.27. The molecule has 8 aromatic rings. The number of hydrogen-bond acceptors (Lipinski definition) is 14. The fraction of sp³-hybridized carbons (Fsp3) is 0.367. The predicted octanol–water partition coefficient (Wildman–Crippen LogP) is 14.8. The number of rotatable bonds is 11. The van der Waals surface area contributed by atoms with Crippen LogP contribution in [-0.2, 0) is 12.4 Å². The molecule has 81 heavy (non-hydrogen) atoms. The topological polar surface area (TPSA) is 165 Å². The van der Waals surface area contributed by atoms with Crippen LogP contribution in [0.1, 0.15) is 89.7 Å². The van der Waals surface area contributed by atoms with E-state index in [2.05, 4.69) is 122 Å². The third kappa shape index (κ3) is 16.8. The molecule has 4 aromatic carbocycles. The fourth-order valence-corrected chi connectivity index (χ4v) is 9.93. The van der Waals surface area contributed by atoms with Crippen LogP contribution in [0.25, 0.3) is 21.8 Å². The minimum absolute atomic E-state index is 0.0832. The average Bonchev–Trinajstić information content (AvgIpc) is 3.47. The summed E-state index contributed by atoms with van der Waals surface area (Å²) in [5, 5.41) is 25.6. The standard InChI is InChI=1S/C30H34F3N7.C21H15ClF3N5.C9H20N2/c1-19-26(40-16-13-20(14-17-40)39-29(2,3)4)23-10-5-6-11-24(23)37-27(19)35-21-8-7-9-22(18-21)36-28-34-15-12-25(38-28)30(31,32)33;1-12-18(22)15-7-2-3-8-16(15)29-19(12)27-13-5-4-6-14(11-13)28-20-26-10-9-17(30-20)21(23,24)25;1-9(2,3)11-8-4-6-10-7-5-8/h5-12,15,18,20,39H,13-14,16-17H2,1-4H3,(H,35,37)(H,34,36,38);2-11H,1H3,(H,27,29)(H,26,28,30);8,10-11H,4-7H2,1-3H3. The number of nitrogens with zero attached hydrogens (tertiary/aromatic N) is 7. The Morgan fingerprint density at radius 3 is 1.40 bits per heavy atom. The van der Waals surface area contributed by atoms with E-state index < -0.39 is 23.7 Å². The normalized spacial score (nSPS) is 14.6. The van der Waals surface area contributed by atoms with Gasteiger partial charge in [-0.15, -0.1) is 0 Å². The van der Waals surface area contributed by atoms with Crippen molar-refractivity contribution in [3.05, 3.63) is 149 Å². The van der Waals surface area contributed by atoms with Crippen LogP contribution in [0, 0.1) is 13.8 Å². The molecule has 0 radical (unpaired) electrons. The van der Waals surface area contributed by atoms with Gasteiger partial charge in [-0.05, 0) is 155 Å². The van der Waals surface area contributed by atoms with Crippen molar-refractivity contribution in [3.8, 4) is 0 Å². The van der Waals surface area contributed by atoms with Crippen LogP contribution < -0.4 is 42.1 Å². The average molecular weight is 1140 g/mol. The molecule has 0 spiro atoms. The lowest BCUT2D eigenvalue weighted by Gasteiger charge is -2.38. The van der Waals surface area contributed by atoms with Crippen molar-refractivity contribution >= 4 is 85.4 Å². The van der Waals surface area contributed by atoms with Crippen LogP contribution in [-0.4, -0.2) is 79.2 Å². The summed E-state index contributed by atoms with van der Waals surface area (Å²) in [5.41, 5.74) is 5.48. The minimum Gasteiger partial charge on any atom is -0.371 e. The number of halogens is 7. The quantitative estimate of drug-likeness (QED) is 0.0612. The molecule has 0 amide bonds. The summed E-state index contributed by atoms with van der Waals surface area (Å²) in [5.74, 6) is 1.05. The first-order valence-corrected chi connectivity index (χ1v) is 27.3. The van der Waals surface area contributed by atoms with E-state index in [1.54, 1.807) is 30.3 Å². The van der Waals surface area contributed by atoms with Crippen molar-refractivity contribution in [2.24, 2.45) is 0 Å². The van der Waals surface area contributed by atoms with E-state index in [-0.39, 0.29) is 23.0 Å². The summed E-state index contributed by atoms with van der Waals surface area (Å²) in [6, 6.07) is 32.8. The molecular weight excluding hydrogens is 1070 g/mol. The SMILES string of the molecule is CC(C)(C)NC1CCNCC1.Cc1c(Nc2cccc(Nc3nccc(C(F)(F)F)n3)c2)nc2ccccc2c1Cl.Cc1c(Nc2cccc(Nc3nccc(C(F)(F)F)n3)c2)nc2ccccc2c1N1CCC(NC(C)(C)C)CC1. The summed E-state index contributed by atoms with van der Waals surface area (Å²) in [7, 11) is 0. The van der Waals surface area contributed by atoms with E-state index in [1.807, 2.05) is 67.6 Å². The monoisotopic (exact) mass is 1130 g/mol. The number of nitrogens with one attached hydrogen (secondary N) is 7. The van der Waals surface area contributed by atoms with E-state index in [0.717, 1.165) is 101 Å². The number of para-hydroxylation sites is 2. The minimum atomic E-state index is -4.54. The third-order valence-corrected chi connectivity index (χ3v) is 13.7. The number of aromatic nitrogens is 6. The zero-order chi connectivity index (χ0) is 58.1. The maximum absolute atomic E-state index is 13.1. The van der Waals surface area contributed by atoms with Crippen LogP contribution in [0.4, 0.5) is 78.3 Å². The second kappa shape index (κ2) is 25.6. The Hall–Kier alpha value is -7.39. The van der Waals surface area contributed by atoms with Crippen LogP contribution in [0.3, 0.4) is 0 Å². The molecule has 0 saturated carbocycles. The lowest BCUT2D eigenvalue weighted by atomic mass is 9.98. The molecule has 0 aliphatic carbocycles. The van der Waals surface area contributed by atoms with Crippen LogP contribution in [0.15, 0.2) is 122 Å². The molecule has 7 N–H and O–H groups in total. The molecule has 4 aromatic heterocycles. The van der Waals surface area contributed by atoms with Gasteiger partial charge in [0.05, 0.1) is 21.7 Å². The molecule has 0 unspecified atom stereocenters. The van der Waals surface area contributed by atoms with Crippen LogP contribution in [0.2, 0.25) is 5.02 Å². The molecule has 2 saturated heterocycles. The van der Waals surface area contributed by atoms with Gasteiger partial charge in [-0.2, -0.15) is 26.3 Å². The number of piperidine rings is 2. The van der Waals surface area contributed by atoms with Gasteiger partial charge in [-0.25, -0.2) is 29.9 Å². The Morgan fingerprint density at radius 1 is 0.506 bits per heavy atom. The zero-order valence-corrected chi connectivity index (χ0v) is 47.4. The molecule has 0 bridgehead atoms. The van der Waals surface area contributed by atoms with Gasteiger partial charge in [0.15, 0.2) is 0 Å². The summed E-state index contributed by atoms with van der Waals surface area (Å²) >= 11 is 6.49. The largest absolute Gasteiger partial charge is 0.433 e. The molecule has 2 fully saturated rings. The first kappa shape index (κ1) is 59.7. The Bertz CT molecular complexity index is 3400. The lowest BCUT2D eigenvalue weighted by Crippen LogP contribution is -2.49. The number of hydrogen-bond donors (Lipinski definition) is 7. The Kier molecular flexibility index (Phi) is 18.9. The highest BCUT2D eigenvalue weighted by atomic mass is 35.5. The van der Waals surface area contributed by atoms with Crippen LogP contribution >= 0.6 is 11.6 Å². The highest BCUT2D eigenvalue weighted by Gasteiger charge is 2.34. The third-order valence-electron chi connectivity index (χ3n) is 13.2. The Morgan fingerprint density at radius 2 is 0.926 bits per heavy atom. The van der Waals surface area contributed by atoms with E-state index in [1.165, 1.54) is 31.6 Å². The van der Waals surface area contributed by atoms with Gasteiger partial charge in [0.25, 0.3) is 0 Å². The van der Waals surface area contributed by atoms with Crippen molar-refractivity contribution < 1.29 is 26.3 Å². The highest BCUT2D eigenvalue weighted by Crippen LogP contribution is 2.38. The number of pyridine rings is 2. The maximum atomic E-state index is 13.1. The molecule has 2 aliphatic rings. The van der Waals surface area contributed by atoms with Gasteiger partial charge in [0.1, 0.15) is 23.0 Å². The van der Waals surface area contributed by atoms with Gasteiger partial charge in [-0.3, -0.25) is 0 Å². The van der Waals surface area contributed by atoms with Crippen molar-refractivity contribution in [2.45, 2.75) is 117 Å². The van der Waals surface area contributed by atoms with Crippen LogP contribution in [0.5, 0.6) is 0 Å². The molecule has 21 heteroatoms. The van der Waals surface area contributed by atoms with Crippen molar-refractivity contribution in [2.75, 3.05) is 52.3 Å². The van der Waals surface area contributed by atoms with E-state index in [4.69, 9.17) is 16.6 Å². The lowest BCUT2D eigenvalue weighted by molar-refractivity contribution is -0.141. The Labute approximate surface area is 473 Å². The molecular formula is C60H69ClF6N14. The highest BCUT2D eigenvalue weighted by molar-refractivity contribution is 6.36.